The topological polar surface area (TPSA) is 84.9 Å². The van der Waals surface area contributed by atoms with Gasteiger partial charge < -0.3 is 19.9 Å². The molecule has 0 aliphatic rings. The molecule has 2 N–H and O–H groups in total. The van der Waals surface area contributed by atoms with Crippen molar-refractivity contribution >= 4 is 17.8 Å². The Hall–Kier alpha value is -3.90. The predicted molar refractivity (Wildman–Crippen MR) is 133 cm³/mol. The number of benzene rings is 3. The molecule has 3 rings (SSSR count). The van der Waals surface area contributed by atoms with Gasteiger partial charge in [-0.2, -0.15) is 0 Å². The molecule has 6 nitrogen and oxygen atoms in total. The Morgan fingerprint density at radius 1 is 1.03 bits per heavy atom. The van der Waals surface area contributed by atoms with E-state index in [0.717, 1.165) is 33.6 Å². The third-order valence-corrected chi connectivity index (χ3v) is 5.32. The number of Topliss-reactive ketones (excluding diaryl/α,β-unsaturated/α-hetero) is 1. The molecule has 0 spiro atoms. The van der Waals surface area contributed by atoms with Crippen LogP contribution in [-0.4, -0.2) is 37.1 Å². The van der Waals surface area contributed by atoms with Crippen molar-refractivity contribution in [3.05, 3.63) is 94.7 Å². The molecule has 3 aromatic carbocycles. The number of nitrogens with one attached hydrogen (secondary N) is 1. The van der Waals surface area contributed by atoms with E-state index >= 15 is 0 Å². The summed E-state index contributed by atoms with van der Waals surface area (Å²) in [5.41, 5.74) is 5.60. The minimum atomic E-state index is -1.09. The van der Waals surface area contributed by atoms with Crippen LogP contribution in [0.3, 0.4) is 0 Å². The molecular weight excluding hydrogens is 430 g/mol. The number of carboxylic acids is 1. The molecule has 0 fully saturated rings. The van der Waals surface area contributed by atoms with Crippen LogP contribution in [0.25, 0.3) is 17.2 Å². The first-order chi connectivity index (χ1) is 16.4. The average molecular weight is 460 g/mol. The zero-order chi connectivity index (χ0) is 24.5. The number of hydrogen-bond donors (Lipinski definition) is 2. The monoisotopic (exact) mass is 459 g/mol. The van der Waals surface area contributed by atoms with Gasteiger partial charge in [-0.15, -0.1) is 0 Å². The van der Waals surface area contributed by atoms with E-state index in [1.165, 1.54) is 6.08 Å². The van der Waals surface area contributed by atoms with Crippen LogP contribution in [-0.2, 0) is 16.1 Å². The van der Waals surface area contributed by atoms with Crippen molar-refractivity contribution in [1.29, 1.82) is 0 Å². The van der Waals surface area contributed by atoms with Crippen molar-refractivity contribution in [3.8, 4) is 16.9 Å². The van der Waals surface area contributed by atoms with Crippen LogP contribution < -0.4 is 10.1 Å². The van der Waals surface area contributed by atoms with Gasteiger partial charge in [-0.25, -0.2) is 4.79 Å². The van der Waals surface area contributed by atoms with Crippen molar-refractivity contribution in [2.75, 3.05) is 20.3 Å². The van der Waals surface area contributed by atoms with Crippen LogP contribution >= 0.6 is 0 Å². The van der Waals surface area contributed by atoms with Gasteiger partial charge in [-0.05, 0) is 78.1 Å². The summed E-state index contributed by atoms with van der Waals surface area (Å²) in [5.74, 6) is -0.426. The van der Waals surface area contributed by atoms with E-state index in [0.29, 0.717) is 18.7 Å². The van der Waals surface area contributed by atoms with Crippen LogP contribution in [0, 0.1) is 6.92 Å². The van der Waals surface area contributed by atoms with E-state index in [1.54, 1.807) is 38.3 Å². The summed E-state index contributed by atoms with van der Waals surface area (Å²) in [7, 11) is 1.59. The zero-order valence-corrected chi connectivity index (χ0v) is 19.6. The summed E-state index contributed by atoms with van der Waals surface area (Å²) >= 11 is 0. The summed E-state index contributed by atoms with van der Waals surface area (Å²) in [6.07, 6.45) is 1.53. The van der Waals surface area contributed by atoms with Gasteiger partial charge in [0.1, 0.15) is 5.75 Å². The van der Waals surface area contributed by atoms with Crippen molar-refractivity contribution in [2.24, 2.45) is 0 Å². The third kappa shape index (κ3) is 6.56. The first kappa shape index (κ1) is 24.7. The molecule has 0 saturated heterocycles. The molecule has 0 heterocycles. The number of carboxylic acid groups (broad SMARTS) is 1. The van der Waals surface area contributed by atoms with Crippen LogP contribution in [0.2, 0.25) is 0 Å². The van der Waals surface area contributed by atoms with E-state index in [1.807, 2.05) is 43.3 Å². The second-order valence-corrected chi connectivity index (χ2v) is 7.78. The number of carbonyl (C=O) groups excluding carboxylic acids is 1. The van der Waals surface area contributed by atoms with Crippen molar-refractivity contribution in [2.45, 2.75) is 20.4 Å². The standard InChI is InChI=1S/C28H29NO5/c1-4-34-27(28(31)32)16-20-8-13-25(19(2)14-20)23-7-5-6-21(15-23)17-29-18-26(30)22-9-11-24(33-3)12-10-22/h5-16,29H,4,17-18H2,1-3H3,(H,31,32). The molecule has 176 valence electrons. The maximum absolute atomic E-state index is 12.4. The molecule has 0 aromatic heterocycles. The van der Waals surface area contributed by atoms with Gasteiger partial charge in [0.25, 0.3) is 0 Å². The summed E-state index contributed by atoms with van der Waals surface area (Å²) < 4.78 is 10.3. The molecule has 34 heavy (non-hydrogen) atoms. The molecule has 0 aliphatic carbocycles. The number of methoxy groups -OCH3 is 1. The lowest BCUT2D eigenvalue weighted by molar-refractivity contribution is -0.136. The Morgan fingerprint density at radius 3 is 2.44 bits per heavy atom. The number of rotatable bonds is 11. The first-order valence-electron chi connectivity index (χ1n) is 11.1. The van der Waals surface area contributed by atoms with Gasteiger partial charge in [-0.3, -0.25) is 4.79 Å². The van der Waals surface area contributed by atoms with Crippen LogP contribution in [0.15, 0.2) is 72.5 Å². The highest BCUT2D eigenvalue weighted by Crippen LogP contribution is 2.26. The quantitative estimate of drug-likeness (QED) is 0.236. The maximum Gasteiger partial charge on any atom is 0.371 e. The fraction of sp³-hybridized carbons (Fsp3) is 0.214. The lowest BCUT2D eigenvalue weighted by atomic mass is 9.97. The van der Waals surface area contributed by atoms with E-state index in [4.69, 9.17) is 9.47 Å². The number of hydrogen-bond acceptors (Lipinski definition) is 5. The molecule has 0 bridgehead atoms. The lowest BCUT2D eigenvalue weighted by Crippen LogP contribution is -2.22. The van der Waals surface area contributed by atoms with Crippen molar-refractivity contribution in [1.82, 2.24) is 5.32 Å². The van der Waals surface area contributed by atoms with Crippen LogP contribution in [0.1, 0.15) is 34.0 Å². The minimum absolute atomic E-state index is 0.0195. The zero-order valence-electron chi connectivity index (χ0n) is 19.6. The fourth-order valence-corrected chi connectivity index (χ4v) is 3.62. The Bertz CT molecular complexity index is 1180. The number of ketones is 1. The van der Waals surface area contributed by atoms with Crippen molar-refractivity contribution < 1.29 is 24.2 Å². The van der Waals surface area contributed by atoms with Gasteiger partial charge in [0.05, 0.1) is 20.3 Å². The molecule has 3 aromatic rings. The second kappa shape index (κ2) is 11.8. The molecule has 0 unspecified atom stereocenters. The summed E-state index contributed by atoms with van der Waals surface area (Å²) in [6.45, 7) is 4.84. The van der Waals surface area contributed by atoms with E-state index in [9.17, 15) is 14.7 Å². The van der Waals surface area contributed by atoms with E-state index in [-0.39, 0.29) is 18.1 Å². The molecule has 0 atom stereocenters. The Kier molecular flexibility index (Phi) is 8.60. The van der Waals surface area contributed by atoms with Crippen LogP contribution in [0.5, 0.6) is 5.75 Å². The number of aryl methyl sites for hydroxylation is 1. The number of aliphatic carboxylic acids is 1. The number of carbonyl (C=O) groups is 2. The maximum atomic E-state index is 12.4. The third-order valence-electron chi connectivity index (χ3n) is 5.32. The normalized spacial score (nSPS) is 11.2. The van der Waals surface area contributed by atoms with E-state index in [2.05, 4.69) is 11.4 Å². The van der Waals surface area contributed by atoms with E-state index < -0.39 is 5.97 Å². The minimum Gasteiger partial charge on any atom is -0.497 e. The summed E-state index contributed by atoms with van der Waals surface area (Å²) in [5, 5.41) is 12.5. The van der Waals surface area contributed by atoms with Crippen molar-refractivity contribution in [3.63, 3.8) is 0 Å². The SMILES string of the molecule is CCOC(=Cc1ccc(-c2cccc(CNCC(=O)c3ccc(OC)cc3)c2)c(C)c1)C(=O)O. The summed E-state index contributed by atoms with van der Waals surface area (Å²) in [4.78, 5) is 23.7. The Morgan fingerprint density at radius 2 is 1.79 bits per heavy atom. The number of ether oxygens (including phenoxy) is 2. The predicted octanol–water partition coefficient (Wildman–Crippen LogP) is 5.11. The largest absolute Gasteiger partial charge is 0.497 e. The molecule has 0 amide bonds. The van der Waals surface area contributed by atoms with Gasteiger partial charge >= 0.3 is 5.97 Å². The highest BCUT2D eigenvalue weighted by molar-refractivity contribution is 5.97. The highest BCUT2D eigenvalue weighted by atomic mass is 16.5. The molecular formula is C28H29NO5. The lowest BCUT2D eigenvalue weighted by Gasteiger charge is -2.11. The smallest absolute Gasteiger partial charge is 0.371 e. The Labute approximate surface area is 199 Å². The molecule has 6 heteroatoms. The first-order valence-corrected chi connectivity index (χ1v) is 11.1. The molecule has 0 radical (unpaired) electrons. The fourth-order valence-electron chi connectivity index (χ4n) is 3.62. The van der Waals surface area contributed by atoms with Gasteiger partial charge in [0.2, 0.25) is 5.76 Å². The summed E-state index contributed by atoms with van der Waals surface area (Å²) in [6, 6.07) is 21.0. The average Bonchev–Trinajstić information content (AvgIpc) is 2.84. The highest BCUT2D eigenvalue weighted by Gasteiger charge is 2.10. The Balaban J connectivity index is 1.67. The second-order valence-electron chi connectivity index (χ2n) is 7.78. The molecule has 0 aliphatic heterocycles. The van der Waals surface area contributed by atoms with Gasteiger partial charge in [0.15, 0.2) is 5.78 Å². The molecule has 0 saturated carbocycles. The van der Waals surface area contributed by atoms with Crippen LogP contribution in [0.4, 0.5) is 0 Å². The van der Waals surface area contributed by atoms with Gasteiger partial charge in [0, 0.05) is 12.1 Å². The van der Waals surface area contributed by atoms with Gasteiger partial charge in [-0.1, -0.05) is 36.4 Å².